The Morgan fingerprint density at radius 2 is 0.889 bits per heavy atom. The van der Waals surface area contributed by atoms with Crippen LogP contribution in [-0.4, -0.2) is 29.9 Å². The second-order valence-corrected chi connectivity index (χ2v) is 3.18. The lowest BCUT2D eigenvalue weighted by molar-refractivity contribution is -0.426. The summed E-state index contributed by atoms with van der Waals surface area (Å²) in [6, 6.07) is 0. The van der Waals surface area contributed by atoms with Crippen LogP contribution in [0.4, 0.5) is 48.3 Å². The van der Waals surface area contributed by atoms with E-state index in [0.717, 1.165) is 0 Å². The molecule has 0 saturated carbocycles. The third kappa shape index (κ3) is 2.11. The Kier molecular flexibility index (Phi) is 3.94. The summed E-state index contributed by atoms with van der Waals surface area (Å²) < 4.78 is 134. The summed E-state index contributed by atoms with van der Waals surface area (Å²) in [5.74, 6) is -13.0. The number of hydrogen-bond acceptors (Lipinski definition) is 0. The fourth-order valence-corrected chi connectivity index (χ4v) is 0.926. The van der Waals surface area contributed by atoms with Crippen molar-refractivity contribution < 1.29 is 48.3 Å². The van der Waals surface area contributed by atoms with Crippen LogP contribution in [0.3, 0.4) is 0 Å². The van der Waals surface area contributed by atoms with Crippen molar-refractivity contribution >= 4 is 0 Å². The van der Waals surface area contributed by atoms with E-state index in [1.807, 2.05) is 0 Å². The minimum Gasteiger partial charge on any atom is -0.216 e. The topological polar surface area (TPSA) is 0 Å². The molecular weight excluding hydrogens is 293 g/mol. The van der Waals surface area contributed by atoms with Crippen LogP contribution in [0.2, 0.25) is 0 Å². The van der Waals surface area contributed by atoms with Gasteiger partial charge in [0.2, 0.25) is 0 Å². The van der Waals surface area contributed by atoms with Gasteiger partial charge in [-0.2, -0.15) is 43.9 Å². The van der Waals surface area contributed by atoms with Gasteiger partial charge in [-0.15, -0.1) is 0 Å². The molecule has 0 N–H and O–H groups in total. The van der Waals surface area contributed by atoms with Gasteiger partial charge in [0.25, 0.3) is 0 Å². The molecule has 0 aliphatic rings. The molecule has 109 valence electrons. The average Bonchev–Trinajstić information content (AvgIpc) is 2.12. The lowest BCUT2D eigenvalue weighted by Crippen LogP contribution is -2.70. The molecule has 0 aromatic carbocycles. The van der Waals surface area contributed by atoms with Gasteiger partial charge >= 0.3 is 29.9 Å². The average molecular weight is 297 g/mol. The number of alkyl halides is 11. The normalized spacial score (nSPS) is 16.0. The van der Waals surface area contributed by atoms with Crippen molar-refractivity contribution in [2.75, 3.05) is 0 Å². The van der Waals surface area contributed by atoms with E-state index in [1.54, 1.807) is 0 Å². The fraction of sp³-hybridized carbons (Fsp3) is 0.857. The van der Waals surface area contributed by atoms with Crippen LogP contribution in [0.1, 0.15) is 6.42 Å². The molecule has 0 spiro atoms. The van der Waals surface area contributed by atoms with Gasteiger partial charge in [-0.1, -0.05) is 0 Å². The SMILES string of the molecule is [CH2]CC(F)(F)C(F)(F)C(F)(C(F)(F)F)C(F)(F)F. The summed E-state index contributed by atoms with van der Waals surface area (Å²) >= 11 is 0. The van der Waals surface area contributed by atoms with Gasteiger partial charge in [0.05, 0.1) is 0 Å². The zero-order valence-corrected chi connectivity index (χ0v) is 8.07. The predicted molar refractivity (Wildman–Crippen MR) is 35.8 cm³/mol. The zero-order valence-electron chi connectivity index (χ0n) is 8.07. The summed E-state index contributed by atoms with van der Waals surface area (Å²) in [5.41, 5.74) is -7.37. The molecule has 0 bridgehead atoms. The molecule has 0 aliphatic heterocycles. The van der Waals surface area contributed by atoms with Gasteiger partial charge in [0.15, 0.2) is 0 Å². The molecule has 0 aromatic rings. The number of rotatable bonds is 3. The third-order valence-corrected chi connectivity index (χ3v) is 1.99. The van der Waals surface area contributed by atoms with Gasteiger partial charge in [-0.05, 0) is 6.92 Å². The van der Waals surface area contributed by atoms with Crippen molar-refractivity contribution in [3.05, 3.63) is 6.92 Å². The lowest BCUT2D eigenvalue weighted by atomic mass is 9.89. The Labute approximate surface area is 92.7 Å². The molecule has 0 fully saturated rings. The van der Waals surface area contributed by atoms with Crippen LogP contribution >= 0.6 is 0 Å². The molecule has 0 heterocycles. The molecule has 0 aliphatic carbocycles. The highest BCUT2D eigenvalue weighted by molar-refractivity contribution is 5.11. The van der Waals surface area contributed by atoms with E-state index in [4.69, 9.17) is 0 Å². The Morgan fingerprint density at radius 3 is 1.06 bits per heavy atom. The second-order valence-electron chi connectivity index (χ2n) is 3.18. The monoisotopic (exact) mass is 297 g/mol. The maximum Gasteiger partial charge on any atom is 0.438 e. The van der Waals surface area contributed by atoms with E-state index in [-0.39, 0.29) is 0 Å². The summed E-state index contributed by atoms with van der Waals surface area (Å²) in [4.78, 5) is 0. The lowest BCUT2D eigenvalue weighted by Gasteiger charge is -2.39. The van der Waals surface area contributed by atoms with Crippen LogP contribution in [-0.2, 0) is 0 Å². The molecule has 0 aromatic heterocycles. The summed E-state index contributed by atoms with van der Waals surface area (Å²) in [6.45, 7) is 2.07. The smallest absolute Gasteiger partial charge is 0.216 e. The van der Waals surface area contributed by atoms with Crippen molar-refractivity contribution in [3.63, 3.8) is 0 Å². The van der Waals surface area contributed by atoms with Crippen molar-refractivity contribution in [2.45, 2.75) is 36.3 Å². The standard InChI is InChI=1S/C7H4F11/c1-2-3(8,9)5(11,12)4(10,6(13,14)15)7(16,17)18/h1-2H2. The van der Waals surface area contributed by atoms with Gasteiger partial charge < -0.3 is 0 Å². The molecule has 1 radical (unpaired) electrons. The first-order chi connectivity index (χ1) is 7.56. The van der Waals surface area contributed by atoms with Crippen LogP contribution in [0, 0.1) is 6.92 Å². The molecule has 11 heteroatoms. The maximum atomic E-state index is 12.8. The van der Waals surface area contributed by atoms with E-state index in [9.17, 15) is 48.3 Å². The second kappa shape index (κ2) is 4.12. The zero-order chi connectivity index (χ0) is 15.2. The number of halogens is 11. The highest BCUT2D eigenvalue weighted by atomic mass is 19.4. The van der Waals surface area contributed by atoms with Crippen molar-refractivity contribution in [2.24, 2.45) is 0 Å². The van der Waals surface area contributed by atoms with Gasteiger partial charge in [-0.25, -0.2) is 4.39 Å². The van der Waals surface area contributed by atoms with Gasteiger partial charge in [0.1, 0.15) is 0 Å². The molecule has 0 amide bonds. The van der Waals surface area contributed by atoms with E-state index in [0.29, 0.717) is 0 Å². The van der Waals surface area contributed by atoms with Gasteiger partial charge in [0, 0.05) is 6.42 Å². The Hall–Kier alpha value is -0.770. The van der Waals surface area contributed by atoms with E-state index in [2.05, 4.69) is 6.92 Å². The molecule has 0 rings (SSSR count). The summed E-state index contributed by atoms with van der Waals surface area (Å²) in [7, 11) is 0. The van der Waals surface area contributed by atoms with Crippen molar-refractivity contribution in [1.82, 2.24) is 0 Å². The maximum absolute atomic E-state index is 12.8. The highest BCUT2D eigenvalue weighted by Crippen LogP contribution is 2.59. The summed E-state index contributed by atoms with van der Waals surface area (Å²) in [6.07, 6.45) is -16.9. The molecule has 0 unspecified atom stereocenters. The molecule has 0 saturated heterocycles. The Morgan fingerprint density at radius 1 is 0.611 bits per heavy atom. The first-order valence-corrected chi connectivity index (χ1v) is 3.93. The van der Waals surface area contributed by atoms with Crippen molar-refractivity contribution in [3.8, 4) is 0 Å². The largest absolute Gasteiger partial charge is 0.438 e. The number of hydrogen-bond donors (Lipinski definition) is 0. The molecule has 0 nitrogen and oxygen atoms in total. The first kappa shape index (κ1) is 17.2. The van der Waals surface area contributed by atoms with Crippen LogP contribution < -0.4 is 0 Å². The van der Waals surface area contributed by atoms with Gasteiger partial charge in [-0.3, -0.25) is 0 Å². The van der Waals surface area contributed by atoms with Crippen LogP contribution in [0.5, 0.6) is 0 Å². The Bertz CT molecular complexity index is 281. The first-order valence-electron chi connectivity index (χ1n) is 3.93. The molecule has 0 atom stereocenters. The van der Waals surface area contributed by atoms with Crippen LogP contribution in [0.25, 0.3) is 0 Å². The minimum atomic E-state index is -7.37. The van der Waals surface area contributed by atoms with E-state index in [1.165, 1.54) is 0 Å². The fourth-order valence-electron chi connectivity index (χ4n) is 0.926. The highest BCUT2D eigenvalue weighted by Gasteiger charge is 2.89. The summed E-state index contributed by atoms with van der Waals surface area (Å²) in [5, 5.41) is 0. The quantitative estimate of drug-likeness (QED) is 0.681. The molecular formula is C7H4F11. The van der Waals surface area contributed by atoms with Crippen LogP contribution in [0.15, 0.2) is 0 Å². The Balaban J connectivity index is 6.10. The van der Waals surface area contributed by atoms with E-state index < -0.39 is 36.3 Å². The third-order valence-electron chi connectivity index (χ3n) is 1.99. The van der Waals surface area contributed by atoms with Crippen molar-refractivity contribution in [1.29, 1.82) is 0 Å². The predicted octanol–water partition coefficient (Wildman–Crippen LogP) is 4.31. The van der Waals surface area contributed by atoms with E-state index >= 15 is 0 Å². The minimum absolute atomic E-state index is 2.07. The molecule has 18 heavy (non-hydrogen) atoms.